The van der Waals surface area contributed by atoms with Crippen LogP contribution < -0.4 is 5.32 Å². The smallest absolute Gasteiger partial charge is 0.129 e. The summed E-state index contributed by atoms with van der Waals surface area (Å²) in [6.45, 7) is 7.12. The molecule has 1 aromatic rings. The summed E-state index contributed by atoms with van der Waals surface area (Å²) in [5.74, 6) is 1.62. The summed E-state index contributed by atoms with van der Waals surface area (Å²) >= 11 is 0. The second-order valence-electron chi connectivity index (χ2n) is 5.51. The minimum absolute atomic E-state index is 0.604. The minimum Gasteiger partial charge on any atom is -0.381 e. The molecule has 1 aliphatic rings. The fourth-order valence-electron chi connectivity index (χ4n) is 2.86. The molecule has 1 N–H and O–H groups in total. The third-order valence-corrected chi connectivity index (χ3v) is 4.01. The second kappa shape index (κ2) is 7.70. The predicted molar refractivity (Wildman–Crippen MR) is 81.0 cm³/mol. The Kier molecular flexibility index (Phi) is 5.92. The molecule has 20 heavy (non-hydrogen) atoms. The second-order valence-corrected chi connectivity index (χ2v) is 5.51. The molecule has 1 saturated heterocycles. The van der Waals surface area contributed by atoms with Gasteiger partial charge in [0.2, 0.25) is 0 Å². The molecule has 1 unspecified atom stereocenters. The number of nitrogens with zero attached hydrogens (tertiary/aromatic N) is 2. The standard InChI is InChI=1S/C16H27N3O/c1-4-14-13(6-8-17-3)15(5-2)19-16(18-14)10-12-7-9-20-11-12/h12,17H,4-11H2,1-3H3. The Morgan fingerprint density at radius 1 is 1.20 bits per heavy atom. The van der Waals surface area contributed by atoms with E-state index in [1.807, 2.05) is 7.05 Å². The lowest BCUT2D eigenvalue weighted by Gasteiger charge is -2.15. The Balaban J connectivity index is 2.20. The molecule has 0 amide bonds. The lowest BCUT2D eigenvalue weighted by Crippen LogP contribution is -2.17. The van der Waals surface area contributed by atoms with Crippen molar-refractivity contribution in [3.05, 3.63) is 22.8 Å². The highest BCUT2D eigenvalue weighted by Gasteiger charge is 2.19. The quantitative estimate of drug-likeness (QED) is 0.827. The zero-order valence-corrected chi connectivity index (χ0v) is 13.0. The van der Waals surface area contributed by atoms with E-state index in [9.17, 15) is 0 Å². The average molecular weight is 277 g/mol. The molecule has 1 aromatic heterocycles. The third kappa shape index (κ3) is 3.76. The van der Waals surface area contributed by atoms with Gasteiger partial charge in [0.1, 0.15) is 5.82 Å². The van der Waals surface area contributed by atoms with Crippen molar-refractivity contribution in [2.75, 3.05) is 26.8 Å². The third-order valence-electron chi connectivity index (χ3n) is 4.01. The summed E-state index contributed by atoms with van der Waals surface area (Å²) in [6.07, 6.45) is 5.11. The monoisotopic (exact) mass is 277 g/mol. The number of hydrogen-bond donors (Lipinski definition) is 1. The lowest BCUT2D eigenvalue weighted by molar-refractivity contribution is 0.185. The number of aryl methyl sites for hydroxylation is 2. The molecule has 0 spiro atoms. The van der Waals surface area contributed by atoms with Gasteiger partial charge >= 0.3 is 0 Å². The fourth-order valence-corrected chi connectivity index (χ4v) is 2.86. The zero-order chi connectivity index (χ0) is 14.4. The van der Waals surface area contributed by atoms with Crippen LogP contribution in [0.4, 0.5) is 0 Å². The summed E-state index contributed by atoms with van der Waals surface area (Å²) in [7, 11) is 1.99. The van der Waals surface area contributed by atoms with Crippen molar-refractivity contribution in [2.45, 2.75) is 46.0 Å². The van der Waals surface area contributed by atoms with Crippen LogP contribution in [0.1, 0.15) is 43.0 Å². The van der Waals surface area contributed by atoms with E-state index in [1.54, 1.807) is 0 Å². The maximum absolute atomic E-state index is 5.46. The van der Waals surface area contributed by atoms with Crippen LogP contribution >= 0.6 is 0 Å². The van der Waals surface area contributed by atoms with E-state index in [1.165, 1.54) is 17.0 Å². The van der Waals surface area contributed by atoms with Crippen LogP contribution in [0.15, 0.2) is 0 Å². The molecular formula is C16H27N3O. The summed E-state index contributed by atoms with van der Waals surface area (Å²) in [4.78, 5) is 9.64. The van der Waals surface area contributed by atoms with Crippen molar-refractivity contribution >= 4 is 0 Å². The number of hydrogen-bond acceptors (Lipinski definition) is 4. The molecule has 0 aromatic carbocycles. The van der Waals surface area contributed by atoms with E-state index in [0.717, 1.165) is 57.7 Å². The van der Waals surface area contributed by atoms with Crippen LogP contribution in [0.25, 0.3) is 0 Å². The van der Waals surface area contributed by atoms with Gasteiger partial charge in [-0.1, -0.05) is 13.8 Å². The molecule has 0 radical (unpaired) electrons. The van der Waals surface area contributed by atoms with E-state index in [2.05, 4.69) is 19.2 Å². The Morgan fingerprint density at radius 2 is 1.90 bits per heavy atom. The van der Waals surface area contributed by atoms with Crippen molar-refractivity contribution in [1.82, 2.24) is 15.3 Å². The first-order chi connectivity index (χ1) is 9.78. The molecule has 0 bridgehead atoms. The molecule has 1 aliphatic heterocycles. The van der Waals surface area contributed by atoms with Crippen molar-refractivity contribution in [3.63, 3.8) is 0 Å². The minimum atomic E-state index is 0.604. The predicted octanol–water partition coefficient (Wildman–Crippen LogP) is 1.94. The molecule has 2 heterocycles. The molecule has 1 atom stereocenters. The number of ether oxygens (including phenoxy) is 1. The Labute approximate surface area is 122 Å². The van der Waals surface area contributed by atoms with E-state index in [0.29, 0.717) is 5.92 Å². The van der Waals surface area contributed by atoms with Gasteiger partial charge in [0, 0.05) is 31.0 Å². The van der Waals surface area contributed by atoms with Gasteiger partial charge in [-0.05, 0) is 50.8 Å². The van der Waals surface area contributed by atoms with Gasteiger partial charge in [0.25, 0.3) is 0 Å². The normalized spacial score (nSPS) is 18.6. The molecule has 4 heteroatoms. The van der Waals surface area contributed by atoms with Gasteiger partial charge in [-0.15, -0.1) is 0 Å². The summed E-state index contributed by atoms with van der Waals surface area (Å²) in [5.41, 5.74) is 3.83. The number of aromatic nitrogens is 2. The average Bonchev–Trinajstić information content (AvgIpc) is 2.97. The highest BCUT2D eigenvalue weighted by molar-refractivity contribution is 5.27. The topological polar surface area (TPSA) is 47.0 Å². The van der Waals surface area contributed by atoms with Crippen LogP contribution in [0, 0.1) is 5.92 Å². The first-order valence-corrected chi connectivity index (χ1v) is 7.88. The van der Waals surface area contributed by atoms with E-state index in [-0.39, 0.29) is 0 Å². The number of nitrogens with one attached hydrogen (secondary N) is 1. The fraction of sp³-hybridized carbons (Fsp3) is 0.750. The van der Waals surface area contributed by atoms with Gasteiger partial charge in [0.05, 0.1) is 0 Å². The van der Waals surface area contributed by atoms with Gasteiger partial charge in [-0.3, -0.25) is 0 Å². The summed E-state index contributed by atoms with van der Waals surface area (Å²) in [6, 6.07) is 0. The van der Waals surface area contributed by atoms with Gasteiger partial charge in [0.15, 0.2) is 0 Å². The van der Waals surface area contributed by atoms with Crippen LogP contribution in [0.3, 0.4) is 0 Å². The van der Waals surface area contributed by atoms with Gasteiger partial charge < -0.3 is 10.1 Å². The van der Waals surface area contributed by atoms with E-state index < -0.39 is 0 Å². The van der Waals surface area contributed by atoms with Crippen molar-refractivity contribution in [1.29, 1.82) is 0 Å². The van der Waals surface area contributed by atoms with Crippen LogP contribution in [0.2, 0.25) is 0 Å². The zero-order valence-electron chi connectivity index (χ0n) is 13.0. The number of rotatable bonds is 7. The van der Waals surface area contributed by atoms with Gasteiger partial charge in [-0.25, -0.2) is 9.97 Å². The summed E-state index contributed by atoms with van der Waals surface area (Å²) in [5, 5.41) is 3.22. The van der Waals surface area contributed by atoms with Crippen molar-refractivity contribution in [2.24, 2.45) is 5.92 Å². The SMILES string of the molecule is CCc1nc(CC2CCOC2)nc(CC)c1CCNC. The molecule has 0 saturated carbocycles. The van der Waals surface area contributed by atoms with Crippen LogP contribution in [-0.2, 0) is 30.4 Å². The van der Waals surface area contributed by atoms with Crippen LogP contribution in [0.5, 0.6) is 0 Å². The molecule has 1 fully saturated rings. The Morgan fingerprint density at radius 3 is 2.40 bits per heavy atom. The maximum atomic E-state index is 5.46. The highest BCUT2D eigenvalue weighted by atomic mass is 16.5. The van der Waals surface area contributed by atoms with Crippen molar-refractivity contribution in [3.8, 4) is 0 Å². The Bertz CT molecular complexity index is 403. The first kappa shape index (κ1) is 15.4. The first-order valence-electron chi connectivity index (χ1n) is 7.88. The molecule has 112 valence electrons. The number of likely N-dealkylation sites (N-methyl/N-ethyl adjacent to an activating group) is 1. The summed E-state index contributed by atoms with van der Waals surface area (Å²) < 4.78 is 5.46. The molecule has 4 nitrogen and oxygen atoms in total. The lowest BCUT2D eigenvalue weighted by atomic mass is 10.0. The van der Waals surface area contributed by atoms with Crippen LogP contribution in [-0.4, -0.2) is 36.8 Å². The van der Waals surface area contributed by atoms with E-state index in [4.69, 9.17) is 14.7 Å². The maximum Gasteiger partial charge on any atom is 0.129 e. The van der Waals surface area contributed by atoms with Crippen molar-refractivity contribution < 1.29 is 4.74 Å². The molecule has 0 aliphatic carbocycles. The largest absolute Gasteiger partial charge is 0.381 e. The Hall–Kier alpha value is -1.00. The van der Waals surface area contributed by atoms with E-state index >= 15 is 0 Å². The van der Waals surface area contributed by atoms with Gasteiger partial charge in [-0.2, -0.15) is 0 Å². The molecular weight excluding hydrogens is 250 g/mol. The molecule has 2 rings (SSSR count). The highest BCUT2D eigenvalue weighted by Crippen LogP contribution is 2.19.